The van der Waals surface area contributed by atoms with Crippen molar-refractivity contribution in [2.75, 3.05) is 11.4 Å². The van der Waals surface area contributed by atoms with E-state index in [4.69, 9.17) is 11.6 Å². The van der Waals surface area contributed by atoms with E-state index in [1.165, 1.54) is 25.3 Å². The fraction of sp³-hybridized carbons (Fsp3) is 0.0667. The van der Waals surface area contributed by atoms with E-state index in [1.807, 2.05) is 6.07 Å². The number of nitro groups is 1. The van der Waals surface area contributed by atoms with Crippen LogP contribution in [0.5, 0.6) is 0 Å². The number of sulfonamides is 1. The Bertz CT molecular complexity index is 851. The van der Waals surface area contributed by atoms with Gasteiger partial charge >= 0.3 is 0 Å². The lowest BCUT2D eigenvalue weighted by Crippen LogP contribution is -2.25. The van der Waals surface area contributed by atoms with Gasteiger partial charge in [-0.3, -0.25) is 14.4 Å². The predicted molar refractivity (Wildman–Crippen MR) is 90.9 cm³/mol. The summed E-state index contributed by atoms with van der Waals surface area (Å²) in [5.74, 6) is 0. The summed E-state index contributed by atoms with van der Waals surface area (Å²) < 4.78 is 25.5. The van der Waals surface area contributed by atoms with Gasteiger partial charge in [-0.25, -0.2) is 8.42 Å². The first-order valence-corrected chi connectivity index (χ1v) is 8.35. The summed E-state index contributed by atoms with van der Waals surface area (Å²) in [5.41, 5.74) is 0.267. The molecular formula is C15H13ClN2O4S. The zero-order chi connectivity index (χ0) is 17.0. The minimum Gasteiger partial charge on any atom is -0.263 e. The average Bonchev–Trinajstić information content (AvgIpc) is 2.53. The lowest BCUT2D eigenvalue weighted by molar-refractivity contribution is -0.384. The molecule has 0 N–H and O–H groups in total. The van der Waals surface area contributed by atoms with Crippen LogP contribution in [0.2, 0.25) is 5.02 Å². The second-order valence-corrected chi connectivity index (χ2v) is 6.90. The maximum Gasteiger partial charge on any atom is 0.295 e. The van der Waals surface area contributed by atoms with Crippen molar-refractivity contribution in [3.05, 3.63) is 74.6 Å². The summed E-state index contributed by atoms with van der Waals surface area (Å²) in [6, 6.07) is 12.7. The van der Waals surface area contributed by atoms with Crippen molar-refractivity contribution in [2.45, 2.75) is 0 Å². The molecule has 0 aliphatic heterocycles. The van der Waals surface area contributed by atoms with Gasteiger partial charge in [-0.2, -0.15) is 0 Å². The van der Waals surface area contributed by atoms with E-state index in [2.05, 4.69) is 0 Å². The molecule has 0 radical (unpaired) electrons. The number of hydrogen-bond donors (Lipinski definition) is 0. The third-order valence-electron chi connectivity index (χ3n) is 3.09. The number of nitro benzene ring substituents is 1. The molecule has 0 unspecified atom stereocenters. The Balaban J connectivity index is 2.38. The highest BCUT2D eigenvalue weighted by molar-refractivity contribution is 7.95. The molecule has 120 valence electrons. The maximum atomic E-state index is 12.3. The molecule has 0 bridgehead atoms. The Morgan fingerprint density at radius 2 is 1.83 bits per heavy atom. The maximum absolute atomic E-state index is 12.3. The largest absolute Gasteiger partial charge is 0.295 e. The Hall–Kier alpha value is -2.38. The average molecular weight is 353 g/mol. The molecular weight excluding hydrogens is 340 g/mol. The molecule has 0 heterocycles. The highest BCUT2D eigenvalue weighted by Gasteiger charge is 2.24. The van der Waals surface area contributed by atoms with Gasteiger partial charge in [0.2, 0.25) is 0 Å². The van der Waals surface area contributed by atoms with E-state index in [0.717, 1.165) is 15.8 Å². The van der Waals surface area contributed by atoms with Gasteiger partial charge in [-0.1, -0.05) is 41.9 Å². The zero-order valence-corrected chi connectivity index (χ0v) is 13.7. The Labute approximate surface area is 138 Å². The highest BCUT2D eigenvalue weighted by atomic mass is 35.5. The second kappa shape index (κ2) is 6.80. The highest BCUT2D eigenvalue weighted by Crippen LogP contribution is 2.32. The summed E-state index contributed by atoms with van der Waals surface area (Å²) in [5, 5.41) is 12.3. The summed E-state index contributed by atoms with van der Waals surface area (Å²) in [6.45, 7) is 0. The molecule has 0 spiro atoms. The molecule has 23 heavy (non-hydrogen) atoms. The van der Waals surface area contributed by atoms with Gasteiger partial charge in [0.25, 0.3) is 15.7 Å². The van der Waals surface area contributed by atoms with E-state index in [9.17, 15) is 18.5 Å². The molecule has 0 aliphatic rings. The van der Waals surface area contributed by atoms with Crippen molar-refractivity contribution in [1.82, 2.24) is 0 Å². The molecule has 8 heteroatoms. The topological polar surface area (TPSA) is 80.5 Å². The van der Waals surface area contributed by atoms with Gasteiger partial charge in [0, 0.05) is 18.1 Å². The lowest BCUT2D eigenvalue weighted by atomic mass is 10.2. The van der Waals surface area contributed by atoms with Gasteiger partial charge in [-0.05, 0) is 23.8 Å². The van der Waals surface area contributed by atoms with Crippen LogP contribution >= 0.6 is 11.6 Å². The van der Waals surface area contributed by atoms with Gasteiger partial charge in [0.05, 0.1) is 10.3 Å². The number of halogens is 1. The summed E-state index contributed by atoms with van der Waals surface area (Å²) >= 11 is 5.73. The molecule has 0 amide bonds. The van der Waals surface area contributed by atoms with Crippen LogP contribution in [0.15, 0.2) is 53.9 Å². The van der Waals surface area contributed by atoms with Gasteiger partial charge in [0.15, 0.2) is 0 Å². The standard InChI is InChI=1S/C15H13ClN2O4S/c1-17(14-8-7-13(16)11-15(14)18(19)20)23(21,22)10-9-12-5-3-2-4-6-12/h2-11H,1H3. The molecule has 0 saturated heterocycles. The van der Waals surface area contributed by atoms with Crippen molar-refractivity contribution < 1.29 is 13.3 Å². The molecule has 0 aliphatic carbocycles. The van der Waals surface area contributed by atoms with Crippen molar-refractivity contribution in [3.8, 4) is 0 Å². The van der Waals surface area contributed by atoms with Crippen LogP contribution in [0, 0.1) is 10.1 Å². The molecule has 2 aromatic carbocycles. The number of hydrogen-bond acceptors (Lipinski definition) is 4. The van der Waals surface area contributed by atoms with Crippen molar-refractivity contribution in [2.24, 2.45) is 0 Å². The van der Waals surface area contributed by atoms with Crippen LogP contribution < -0.4 is 4.31 Å². The Morgan fingerprint density at radius 1 is 1.17 bits per heavy atom. The van der Waals surface area contributed by atoms with E-state index >= 15 is 0 Å². The first-order valence-electron chi connectivity index (χ1n) is 6.47. The minimum atomic E-state index is -3.88. The van der Waals surface area contributed by atoms with Gasteiger partial charge < -0.3 is 0 Å². The smallest absolute Gasteiger partial charge is 0.263 e. The van der Waals surface area contributed by atoms with E-state index in [0.29, 0.717) is 5.56 Å². The second-order valence-electron chi connectivity index (χ2n) is 4.62. The number of rotatable bonds is 5. The van der Waals surface area contributed by atoms with E-state index < -0.39 is 14.9 Å². The van der Waals surface area contributed by atoms with Crippen LogP contribution in [-0.4, -0.2) is 20.4 Å². The molecule has 6 nitrogen and oxygen atoms in total. The summed E-state index contributed by atoms with van der Waals surface area (Å²) in [7, 11) is -2.62. The quantitative estimate of drug-likeness (QED) is 0.607. The van der Waals surface area contributed by atoms with Crippen LogP contribution in [-0.2, 0) is 10.0 Å². The van der Waals surface area contributed by atoms with Crippen molar-refractivity contribution >= 4 is 39.1 Å². The van der Waals surface area contributed by atoms with Crippen molar-refractivity contribution in [1.29, 1.82) is 0 Å². The third kappa shape index (κ3) is 4.08. The van der Waals surface area contributed by atoms with E-state index in [1.54, 1.807) is 24.3 Å². The zero-order valence-electron chi connectivity index (χ0n) is 12.1. The fourth-order valence-corrected chi connectivity index (χ4v) is 2.97. The number of nitrogens with zero attached hydrogens (tertiary/aromatic N) is 2. The first kappa shape index (κ1) is 17.0. The number of benzene rings is 2. The summed E-state index contributed by atoms with van der Waals surface area (Å²) in [4.78, 5) is 10.4. The van der Waals surface area contributed by atoms with Crippen molar-refractivity contribution in [3.63, 3.8) is 0 Å². The fourth-order valence-electron chi connectivity index (χ4n) is 1.87. The van der Waals surface area contributed by atoms with Crippen LogP contribution in [0.1, 0.15) is 5.56 Å². The normalized spacial score (nSPS) is 11.6. The SMILES string of the molecule is CN(c1ccc(Cl)cc1[N+](=O)[O-])S(=O)(=O)C=Cc1ccccc1. The van der Waals surface area contributed by atoms with Crippen LogP contribution in [0.25, 0.3) is 6.08 Å². The van der Waals surface area contributed by atoms with Crippen LogP contribution in [0.4, 0.5) is 11.4 Å². The van der Waals surface area contributed by atoms with E-state index in [-0.39, 0.29) is 16.4 Å². The molecule has 0 saturated carbocycles. The molecule has 0 atom stereocenters. The minimum absolute atomic E-state index is 0.0582. The van der Waals surface area contributed by atoms with Gasteiger partial charge in [-0.15, -0.1) is 0 Å². The third-order valence-corrected chi connectivity index (χ3v) is 4.76. The molecule has 2 rings (SSSR count). The predicted octanol–water partition coefficient (Wildman–Crippen LogP) is 3.69. The Morgan fingerprint density at radius 3 is 2.43 bits per heavy atom. The number of anilines is 1. The molecule has 0 aromatic heterocycles. The Kier molecular flexibility index (Phi) is 5.02. The molecule has 2 aromatic rings. The van der Waals surface area contributed by atoms with Gasteiger partial charge in [0.1, 0.15) is 5.69 Å². The first-order chi connectivity index (χ1) is 10.8. The molecule has 0 fully saturated rings. The van der Waals surface area contributed by atoms with Crippen LogP contribution in [0.3, 0.4) is 0 Å². The lowest BCUT2D eigenvalue weighted by Gasteiger charge is -2.17. The monoisotopic (exact) mass is 352 g/mol. The summed E-state index contributed by atoms with van der Waals surface area (Å²) in [6.07, 6.45) is 1.42.